The highest BCUT2D eigenvalue weighted by Gasteiger charge is 2.21. The first kappa shape index (κ1) is 22.7. The lowest BCUT2D eigenvalue weighted by atomic mass is 10.1. The lowest BCUT2D eigenvalue weighted by molar-refractivity contribution is -0.115. The number of carbonyl (C=O) groups excluding carboxylic acids is 2. The van der Waals surface area contributed by atoms with Crippen LogP contribution in [0.5, 0.6) is 0 Å². The maximum atomic E-state index is 12.7. The Morgan fingerprint density at radius 2 is 1.87 bits per heavy atom. The first-order chi connectivity index (χ1) is 14.9. The van der Waals surface area contributed by atoms with Gasteiger partial charge in [-0.05, 0) is 43.5 Å². The topological polar surface area (TPSA) is 84.0 Å². The summed E-state index contributed by atoms with van der Waals surface area (Å²) in [4.78, 5) is 24.8. The average molecular weight is 453 g/mol. The number of amides is 2. The maximum absolute atomic E-state index is 12.7. The highest BCUT2D eigenvalue weighted by Crippen LogP contribution is 2.31. The Morgan fingerprint density at radius 1 is 1.10 bits per heavy atom. The van der Waals surface area contributed by atoms with Gasteiger partial charge in [0.15, 0.2) is 4.34 Å². The summed E-state index contributed by atoms with van der Waals surface area (Å²) >= 11 is 2.60. The molecule has 160 valence electrons. The van der Waals surface area contributed by atoms with Crippen molar-refractivity contribution in [2.75, 3.05) is 10.6 Å². The highest BCUT2D eigenvalue weighted by atomic mass is 32.2. The van der Waals surface area contributed by atoms with Gasteiger partial charge in [-0.15, -0.1) is 10.2 Å². The van der Waals surface area contributed by atoms with Gasteiger partial charge in [-0.3, -0.25) is 14.9 Å². The fourth-order valence-electron chi connectivity index (χ4n) is 2.80. The molecule has 1 unspecified atom stereocenters. The molecular formula is C23H24N4O2S2. The van der Waals surface area contributed by atoms with Gasteiger partial charge in [-0.1, -0.05) is 78.1 Å². The number of thioether (sulfide) groups is 1. The summed E-state index contributed by atoms with van der Waals surface area (Å²) in [6.07, 6.45) is 3.83. The van der Waals surface area contributed by atoms with Crippen LogP contribution >= 0.6 is 23.1 Å². The van der Waals surface area contributed by atoms with Gasteiger partial charge in [0, 0.05) is 11.8 Å². The number of hydrogen-bond acceptors (Lipinski definition) is 6. The van der Waals surface area contributed by atoms with Gasteiger partial charge in [0.25, 0.3) is 0 Å². The van der Waals surface area contributed by atoms with Crippen molar-refractivity contribution in [2.24, 2.45) is 0 Å². The van der Waals surface area contributed by atoms with Gasteiger partial charge < -0.3 is 5.32 Å². The van der Waals surface area contributed by atoms with Crippen molar-refractivity contribution in [3.05, 3.63) is 71.3 Å². The third kappa shape index (κ3) is 6.77. The molecule has 6 nitrogen and oxygen atoms in total. The van der Waals surface area contributed by atoms with E-state index in [1.54, 1.807) is 6.08 Å². The Labute approximate surface area is 190 Å². The van der Waals surface area contributed by atoms with Gasteiger partial charge >= 0.3 is 0 Å². The van der Waals surface area contributed by atoms with Crippen LogP contribution in [0.2, 0.25) is 0 Å². The van der Waals surface area contributed by atoms with Crippen LogP contribution in [0.15, 0.2) is 58.9 Å². The Hall–Kier alpha value is -2.97. The normalized spacial score (nSPS) is 12.0. The summed E-state index contributed by atoms with van der Waals surface area (Å²) in [6.45, 7) is 5.95. The maximum Gasteiger partial charge on any atom is 0.250 e. The molecule has 2 N–H and O–H groups in total. The van der Waals surface area contributed by atoms with E-state index < -0.39 is 0 Å². The van der Waals surface area contributed by atoms with Crippen LogP contribution in [-0.2, 0) is 9.59 Å². The predicted molar refractivity (Wildman–Crippen MR) is 128 cm³/mol. The number of aromatic nitrogens is 2. The van der Waals surface area contributed by atoms with E-state index in [2.05, 4.69) is 20.8 Å². The van der Waals surface area contributed by atoms with Crippen LogP contribution in [-0.4, -0.2) is 27.3 Å². The first-order valence-corrected chi connectivity index (χ1v) is 11.6. The number of rotatable bonds is 8. The summed E-state index contributed by atoms with van der Waals surface area (Å²) < 4.78 is 0.630. The van der Waals surface area contributed by atoms with Crippen molar-refractivity contribution < 1.29 is 9.59 Å². The average Bonchev–Trinajstić information content (AvgIpc) is 3.20. The summed E-state index contributed by atoms with van der Waals surface area (Å²) in [5.41, 5.74) is 3.92. The summed E-state index contributed by atoms with van der Waals surface area (Å²) in [7, 11) is 0. The zero-order valence-electron chi connectivity index (χ0n) is 17.6. The number of nitrogens with one attached hydrogen (secondary N) is 2. The Balaban J connectivity index is 1.57. The van der Waals surface area contributed by atoms with Gasteiger partial charge in [0.2, 0.25) is 16.9 Å². The van der Waals surface area contributed by atoms with Crippen molar-refractivity contribution in [1.82, 2.24) is 10.2 Å². The van der Waals surface area contributed by atoms with Gasteiger partial charge in [-0.2, -0.15) is 0 Å². The third-order valence-corrected chi connectivity index (χ3v) is 6.70. The lowest BCUT2D eigenvalue weighted by Crippen LogP contribution is -2.24. The van der Waals surface area contributed by atoms with Crippen molar-refractivity contribution >= 4 is 51.8 Å². The van der Waals surface area contributed by atoms with E-state index >= 15 is 0 Å². The molecule has 0 radical (unpaired) electrons. The Morgan fingerprint density at radius 3 is 2.58 bits per heavy atom. The molecule has 3 aromatic rings. The van der Waals surface area contributed by atoms with Crippen LogP contribution in [0.1, 0.15) is 30.0 Å². The molecule has 0 saturated carbocycles. The smallest absolute Gasteiger partial charge is 0.250 e. The molecule has 2 amide bonds. The molecule has 31 heavy (non-hydrogen) atoms. The molecule has 2 aromatic carbocycles. The lowest BCUT2D eigenvalue weighted by Gasteiger charge is -2.14. The molecule has 1 heterocycles. The van der Waals surface area contributed by atoms with Crippen LogP contribution in [0.3, 0.4) is 0 Å². The zero-order valence-corrected chi connectivity index (χ0v) is 19.2. The zero-order chi connectivity index (χ0) is 22.2. The second-order valence-electron chi connectivity index (χ2n) is 6.93. The minimum atomic E-state index is -0.310. The summed E-state index contributed by atoms with van der Waals surface area (Å²) in [6, 6.07) is 15.5. The number of hydrogen-bond donors (Lipinski definition) is 2. The van der Waals surface area contributed by atoms with Gasteiger partial charge in [0.05, 0.1) is 5.25 Å². The molecule has 1 aromatic heterocycles. The first-order valence-electron chi connectivity index (χ1n) is 9.87. The molecule has 0 bridgehead atoms. The monoisotopic (exact) mass is 452 g/mol. The highest BCUT2D eigenvalue weighted by molar-refractivity contribution is 8.02. The molecule has 0 aliphatic rings. The number of nitrogens with zero attached hydrogens (tertiary/aromatic N) is 2. The van der Waals surface area contributed by atoms with Crippen molar-refractivity contribution in [3.8, 4) is 0 Å². The van der Waals surface area contributed by atoms with E-state index in [-0.39, 0.29) is 17.1 Å². The number of aryl methyl sites for hydroxylation is 2. The van der Waals surface area contributed by atoms with Crippen LogP contribution in [0.25, 0.3) is 6.08 Å². The molecule has 0 spiro atoms. The van der Waals surface area contributed by atoms with Gasteiger partial charge in [0.1, 0.15) is 0 Å². The SMILES string of the molecule is CCC(Sc1nnc(NC(=O)C=Cc2ccccc2)s1)C(=O)Nc1ccc(C)cc1C. The minimum absolute atomic E-state index is 0.0777. The molecule has 0 aliphatic carbocycles. The molecule has 3 rings (SSSR count). The van der Waals surface area contributed by atoms with E-state index in [1.807, 2.05) is 69.3 Å². The fourth-order valence-corrected chi connectivity index (χ4v) is 4.72. The van der Waals surface area contributed by atoms with E-state index in [0.29, 0.717) is 15.9 Å². The predicted octanol–water partition coefficient (Wildman–Crippen LogP) is 5.32. The number of carbonyl (C=O) groups is 2. The standard InChI is InChI=1S/C23H24N4O2S2/c1-4-19(21(29)24-18-12-10-15(2)14-16(18)3)30-23-27-26-22(31-23)25-20(28)13-11-17-8-6-5-7-9-17/h5-14,19H,4H2,1-3H3,(H,24,29)(H,25,26,28). The molecule has 1 atom stereocenters. The minimum Gasteiger partial charge on any atom is -0.325 e. The van der Waals surface area contributed by atoms with Crippen LogP contribution in [0, 0.1) is 13.8 Å². The summed E-state index contributed by atoms with van der Waals surface area (Å²) in [5, 5.41) is 13.9. The van der Waals surface area contributed by atoms with Gasteiger partial charge in [-0.25, -0.2) is 0 Å². The molecule has 8 heteroatoms. The molecule has 0 fully saturated rings. The van der Waals surface area contributed by atoms with Crippen LogP contribution < -0.4 is 10.6 Å². The largest absolute Gasteiger partial charge is 0.325 e. The van der Waals surface area contributed by atoms with E-state index in [4.69, 9.17) is 0 Å². The summed E-state index contributed by atoms with van der Waals surface area (Å²) in [5.74, 6) is -0.359. The second kappa shape index (κ2) is 10.9. The van der Waals surface area contributed by atoms with Crippen molar-refractivity contribution in [1.29, 1.82) is 0 Å². The fraction of sp³-hybridized carbons (Fsp3) is 0.217. The number of benzene rings is 2. The van der Waals surface area contributed by atoms with E-state index in [1.165, 1.54) is 29.2 Å². The van der Waals surface area contributed by atoms with Crippen molar-refractivity contribution in [3.63, 3.8) is 0 Å². The second-order valence-corrected chi connectivity index (χ2v) is 9.36. The van der Waals surface area contributed by atoms with E-state index in [0.717, 1.165) is 22.4 Å². The molecule has 0 aliphatic heterocycles. The number of anilines is 2. The Kier molecular flexibility index (Phi) is 7.97. The van der Waals surface area contributed by atoms with Crippen LogP contribution in [0.4, 0.5) is 10.8 Å². The molecule has 0 saturated heterocycles. The van der Waals surface area contributed by atoms with E-state index in [9.17, 15) is 9.59 Å². The van der Waals surface area contributed by atoms with Crippen molar-refractivity contribution in [2.45, 2.75) is 36.8 Å². The quantitative estimate of drug-likeness (QED) is 0.275. The third-order valence-electron chi connectivity index (χ3n) is 4.41. The Bertz CT molecular complexity index is 1080. The molecular weight excluding hydrogens is 428 g/mol.